The summed E-state index contributed by atoms with van der Waals surface area (Å²) in [5.41, 5.74) is 0.834. The van der Waals surface area contributed by atoms with Gasteiger partial charge in [-0.05, 0) is 31.8 Å². The Hall–Kier alpha value is -1.40. The summed E-state index contributed by atoms with van der Waals surface area (Å²) in [6, 6.07) is -0.207. The van der Waals surface area contributed by atoms with Crippen LogP contribution in [0.2, 0.25) is 0 Å². The van der Waals surface area contributed by atoms with Gasteiger partial charge in [0.05, 0.1) is 24.2 Å². The monoisotopic (exact) mass is 281 g/mol. The molecule has 1 amide bonds. The molecule has 1 saturated heterocycles. The zero-order chi connectivity index (χ0) is 14.6. The molecular weight excluding hydrogens is 262 g/mol. The number of β-lactam (4-membered cyclic amide) rings is 1. The maximum absolute atomic E-state index is 12.2. The van der Waals surface area contributed by atoms with Crippen molar-refractivity contribution in [3.05, 3.63) is 11.3 Å². The minimum atomic E-state index is -1.08. The van der Waals surface area contributed by atoms with E-state index in [2.05, 4.69) is 0 Å². The zero-order valence-electron chi connectivity index (χ0n) is 11.6. The maximum Gasteiger partial charge on any atom is 0.352 e. The van der Waals surface area contributed by atoms with Gasteiger partial charge in [-0.25, -0.2) is 4.79 Å². The van der Waals surface area contributed by atoms with Crippen LogP contribution in [0.4, 0.5) is 0 Å². The molecule has 2 aliphatic heterocycles. The molecule has 6 heteroatoms. The Morgan fingerprint density at radius 3 is 2.70 bits per heavy atom. The van der Waals surface area contributed by atoms with Crippen LogP contribution in [0.5, 0.6) is 0 Å². The number of aliphatic hydroxyl groups is 1. The van der Waals surface area contributed by atoms with Crippen molar-refractivity contribution in [2.75, 3.05) is 7.11 Å². The van der Waals surface area contributed by atoms with Crippen LogP contribution in [0.25, 0.3) is 0 Å². The summed E-state index contributed by atoms with van der Waals surface area (Å²) < 4.78 is 5.42. The third-order valence-electron chi connectivity index (χ3n) is 4.85. The number of hydrogen-bond donors (Lipinski definition) is 2. The first kappa shape index (κ1) is 13.6. The molecule has 2 N–H and O–H groups in total. The molecule has 0 aromatic heterocycles. The number of aliphatic carboxylic acids is 1. The summed E-state index contributed by atoms with van der Waals surface area (Å²) in [6.07, 6.45) is 1.61. The first-order valence-electron chi connectivity index (χ1n) is 7.00. The SMILES string of the molecule is COC1CCC[C@H]2C1=C(C(=O)O)N1C(=O)[C@H]([C@@H](C)O)[C@@H]21. The van der Waals surface area contributed by atoms with Crippen molar-refractivity contribution in [3.8, 4) is 0 Å². The predicted octanol–water partition coefficient (Wildman–Crippen LogP) is 0.362. The third-order valence-corrected chi connectivity index (χ3v) is 4.85. The van der Waals surface area contributed by atoms with Gasteiger partial charge in [-0.3, -0.25) is 4.79 Å². The number of carboxylic acids is 1. The molecular formula is C14H19NO5. The van der Waals surface area contributed by atoms with Crippen molar-refractivity contribution in [2.24, 2.45) is 11.8 Å². The molecule has 5 atom stereocenters. The Labute approximate surface area is 117 Å². The van der Waals surface area contributed by atoms with E-state index in [0.717, 1.165) is 24.8 Å². The van der Waals surface area contributed by atoms with Crippen LogP contribution >= 0.6 is 0 Å². The fraction of sp³-hybridized carbons (Fsp3) is 0.714. The minimum Gasteiger partial charge on any atom is -0.477 e. The fourth-order valence-corrected chi connectivity index (χ4v) is 4.08. The Morgan fingerprint density at radius 2 is 2.15 bits per heavy atom. The van der Waals surface area contributed by atoms with Crippen molar-refractivity contribution in [3.63, 3.8) is 0 Å². The summed E-state index contributed by atoms with van der Waals surface area (Å²) in [5.74, 6) is -1.83. The lowest BCUT2D eigenvalue weighted by atomic mass is 9.72. The molecule has 0 bridgehead atoms. The number of ether oxygens (including phenoxy) is 1. The average Bonchev–Trinajstić information content (AvgIpc) is 2.69. The number of carbonyl (C=O) groups excluding carboxylic acids is 1. The lowest BCUT2D eigenvalue weighted by molar-refractivity contribution is -0.163. The Bertz CT molecular complexity index is 498. The van der Waals surface area contributed by atoms with Crippen molar-refractivity contribution in [1.82, 2.24) is 4.90 Å². The first-order chi connectivity index (χ1) is 9.49. The second kappa shape index (κ2) is 4.56. The fourth-order valence-electron chi connectivity index (χ4n) is 4.08. The molecule has 0 aromatic rings. The number of carboxylic acid groups (broad SMARTS) is 1. The number of fused-ring (bicyclic) bond motifs is 3. The Balaban J connectivity index is 2.04. The van der Waals surface area contributed by atoms with Gasteiger partial charge in [-0.15, -0.1) is 0 Å². The van der Waals surface area contributed by atoms with Crippen molar-refractivity contribution in [1.29, 1.82) is 0 Å². The number of nitrogens with zero attached hydrogens (tertiary/aromatic N) is 1. The predicted molar refractivity (Wildman–Crippen MR) is 68.6 cm³/mol. The Morgan fingerprint density at radius 1 is 1.45 bits per heavy atom. The maximum atomic E-state index is 12.2. The molecule has 1 aliphatic carbocycles. The summed E-state index contributed by atoms with van der Waals surface area (Å²) in [4.78, 5) is 25.1. The van der Waals surface area contributed by atoms with E-state index in [1.54, 1.807) is 14.0 Å². The first-order valence-corrected chi connectivity index (χ1v) is 7.00. The van der Waals surface area contributed by atoms with Gasteiger partial charge in [0.15, 0.2) is 0 Å². The topological polar surface area (TPSA) is 87.1 Å². The van der Waals surface area contributed by atoms with Gasteiger partial charge in [0.2, 0.25) is 5.91 Å². The third kappa shape index (κ3) is 1.58. The van der Waals surface area contributed by atoms with Crippen LogP contribution in [0.15, 0.2) is 11.3 Å². The van der Waals surface area contributed by atoms with Gasteiger partial charge in [-0.1, -0.05) is 0 Å². The molecule has 1 unspecified atom stereocenters. The summed E-state index contributed by atoms with van der Waals surface area (Å²) in [7, 11) is 1.57. The van der Waals surface area contributed by atoms with E-state index in [9.17, 15) is 19.8 Å². The molecule has 3 rings (SSSR count). The van der Waals surface area contributed by atoms with Gasteiger partial charge in [0, 0.05) is 13.0 Å². The number of amides is 1. The highest BCUT2D eigenvalue weighted by molar-refractivity contribution is 6.00. The van der Waals surface area contributed by atoms with Crippen LogP contribution in [-0.2, 0) is 14.3 Å². The molecule has 20 heavy (non-hydrogen) atoms. The van der Waals surface area contributed by atoms with Crippen LogP contribution < -0.4 is 0 Å². The van der Waals surface area contributed by atoms with Crippen molar-refractivity contribution < 1.29 is 24.5 Å². The van der Waals surface area contributed by atoms with Gasteiger partial charge >= 0.3 is 5.97 Å². The van der Waals surface area contributed by atoms with E-state index >= 15 is 0 Å². The molecule has 0 aromatic carbocycles. The molecule has 6 nitrogen and oxygen atoms in total. The highest BCUT2D eigenvalue weighted by Gasteiger charge is 2.62. The number of aliphatic hydroxyl groups excluding tert-OH is 1. The van der Waals surface area contributed by atoms with Gasteiger partial charge in [0.25, 0.3) is 0 Å². The molecule has 1 saturated carbocycles. The lowest BCUT2D eigenvalue weighted by Crippen LogP contribution is -2.64. The minimum absolute atomic E-state index is 0.0112. The lowest BCUT2D eigenvalue weighted by Gasteiger charge is -2.47. The summed E-state index contributed by atoms with van der Waals surface area (Å²) in [6.45, 7) is 1.59. The molecule has 0 radical (unpaired) electrons. The van der Waals surface area contributed by atoms with Crippen molar-refractivity contribution >= 4 is 11.9 Å². The highest BCUT2D eigenvalue weighted by Crippen LogP contribution is 2.52. The quantitative estimate of drug-likeness (QED) is 0.729. The zero-order valence-corrected chi connectivity index (χ0v) is 11.6. The number of hydrogen-bond acceptors (Lipinski definition) is 4. The van der Waals surface area contributed by atoms with E-state index in [1.807, 2.05) is 0 Å². The van der Waals surface area contributed by atoms with E-state index in [1.165, 1.54) is 4.90 Å². The van der Waals surface area contributed by atoms with Gasteiger partial charge < -0.3 is 19.8 Å². The van der Waals surface area contributed by atoms with E-state index in [0.29, 0.717) is 0 Å². The second-order valence-electron chi connectivity index (χ2n) is 5.84. The normalized spacial score (nSPS) is 37.4. The van der Waals surface area contributed by atoms with Crippen LogP contribution in [0.1, 0.15) is 26.2 Å². The second-order valence-corrected chi connectivity index (χ2v) is 5.84. The highest BCUT2D eigenvalue weighted by atomic mass is 16.5. The molecule has 110 valence electrons. The van der Waals surface area contributed by atoms with Crippen LogP contribution in [-0.4, -0.2) is 52.3 Å². The number of carbonyl (C=O) groups is 2. The molecule has 3 aliphatic rings. The molecule has 2 heterocycles. The Kier molecular flexibility index (Phi) is 3.10. The smallest absolute Gasteiger partial charge is 0.352 e. The van der Waals surface area contributed by atoms with Crippen LogP contribution in [0, 0.1) is 11.8 Å². The largest absolute Gasteiger partial charge is 0.477 e. The number of rotatable bonds is 3. The van der Waals surface area contributed by atoms with Gasteiger partial charge in [-0.2, -0.15) is 0 Å². The summed E-state index contributed by atoms with van der Waals surface area (Å²) >= 11 is 0. The standard InChI is InChI=1S/C14H19NO5/c1-6(16)9-11-7-4-3-5-8(20-2)10(7)12(14(18)19)15(11)13(9)17/h6-9,11,16H,3-5H2,1-2H3,(H,18,19)/t6-,7+,8?,9-,11-/m1/s1. The van der Waals surface area contributed by atoms with Crippen LogP contribution in [0.3, 0.4) is 0 Å². The van der Waals surface area contributed by atoms with E-state index in [-0.39, 0.29) is 29.7 Å². The van der Waals surface area contributed by atoms with Crippen molar-refractivity contribution in [2.45, 2.75) is 44.4 Å². The van der Waals surface area contributed by atoms with Gasteiger partial charge in [0.1, 0.15) is 5.70 Å². The van der Waals surface area contributed by atoms with E-state index in [4.69, 9.17) is 4.74 Å². The van der Waals surface area contributed by atoms with E-state index < -0.39 is 18.0 Å². The molecule has 0 spiro atoms. The average molecular weight is 281 g/mol. The molecule has 2 fully saturated rings. The summed E-state index contributed by atoms with van der Waals surface area (Å²) in [5, 5.41) is 19.2. The number of methoxy groups -OCH3 is 1.